The molecule has 2 N–H and O–H groups in total. The minimum absolute atomic E-state index is 0.106. The molecule has 0 saturated carbocycles. The summed E-state index contributed by atoms with van der Waals surface area (Å²) in [6.45, 7) is 9.48. The van der Waals surface area contributed by atoms with E-state index in [0.29, 0.717) is 17.3 Å². The molecule has 0 bridgehead atoms. The van der Waals surface area contributed by atoms with Crippen molar-refractivity contribution >= 4 is 21.6 Å². The van der Waals surface area contributed by atoms with Gasteiger partial charge in [0.2, 0.25) is 15.9 Å². The average molecular weight is 487 g/mol. The molecule has 10 nitrogen and oxygen atoms in total. The van der Waals surface area contributed by atoms with Crippen molar-refractivity contribution in [2.75, 3.05) is 19.0 Å². The Labute approximate surface area is 199 Å². The summed E-state index contributed by atoms with van der Waals surface area (Å²) in [5.41, 5.74) is 4.46. The van der Waals surface area contributed by atoms with Crippen molar-refractivity contribution in [2.24, 2.45) is 0 Å². The average Bonchev–Trinajstić information content (AvgIpc) is 3.01. The van der Waals surface area contributed by atoms with Gasteiger partial charge in [-0.05, 0) is 65.0 Å². The van der Waals surface area contributed by atoms with Gasteiger partial charge in [-0.25, -0.2) is 27.8 Å². The van der Waals surface area contributed by atoms with Crippen LogP contribution in [0.5, 0.6) is 0 Å². The minimum atomic E-state index is -3.68. The summed E-state index contributed by atoms with van der Waals surface area (Å²) < 4.78 is 34.1. The third-order valence-corrected chi connectivity index (χ3v) is 6.77. The Bertz CT molecular complexity index is 1270. The van der Waals surface area contributed by atoms with Crippen LogP contribution in [-0.4, -0.2) is 53.8 Å². The first-order chi connectivity index (χ1) is 16.0. The van der Waals surface area contributed by atoms with Crippen molar-refractivity contribution in [1.29, 1.82) is 0 Å². The molecule has 0 fully saturated rings. The van der Waals surface area contributed by atoms with Gasteiger partial charge in [0.15, 0.2) is 0 Å². The van der Waals surface area contributed by atoms with Crippen LogP contribution in [0.1, 0.15) is 35.3 Å². The minimum Gasteiger partial charge on any atom is -0.383 e. The SMILES string of the molecule is COCC(C)NS(=O)(=O)c1ccc(NC(=O)Cc2c(C)nn(-c3nc(C)cc(C)n3)c2C)cc1. The van der Waals surface area contributed by atoms with Gasteiger partial charge in [-0.15, -0.1) is 0 Å². The Kier molecular flexibility index (Phi) is 7.80. The third kappa shape index (κ3) is 6.04. The van der Waals surface area contributed by atoms with Crippen LogP contribution in [0, 0.1) is 27.7 Å². The predicted molar refractivity (Wildman–Crippen MR) is 129 cm³/mol. The zero-order chi connectivity index (χ0) is 25.0. The number of anilines is 1. The fourth-order valence-electron chi connectivity index (χ4n) is 3.63. The van der Waals surface area contributed by atoms with Crippen molar-refractivity contribution < 1.29 is 17.9 Å². The predicted octanol–water partition coefficient (Wildman–Crippen LogP) is 2.39. The lowest BCUT2D eigenvalue weighted by Gasteiger charge is -2.13. The third-order valence-electron chi connectivity index (χ3n) is 5.16. The van der Waals surface area contributed by atoms with Gasteiger partial charge in [0.1, 0.15) is 0 Å². The number of rotatable bonds is 9. The number of aryl methyl sites for hydroxylation is 3. The number of amides is 1. The molecule has 0 spiro atoms. The Morgan fingerprint density at radius 2 is 1.71 bits per heavy atom. The van der Waals surface area contributed by atoms with E-state index in [2.05, 4.69) is 25.1 Å². The number of ether oxygens (including phenoxy) is 1. The number of aromatic nitrogens is 4. The van der Waals surface area contributed by atoms with E-state index in [9.17, 15) is 13.2 Å². The number of hydrogen-bond donors (Lipinski definition) is 2. The number of benzene rings is 1. The lowest BCUT2D eigenvalue weighted by Crippen LogP contribution is -2.35. The molecule has 0 aliphatic rings. The van der Waals surface area contributed by atoms with Crippen LogP contribution < -0.4 is 10.0 Å². The van der Waals surface area contributed by atoms with Crippen molar-refractivity contribution in [3.63, 3.8) is 0 Å². The van der Waals surface area contributed by atoms with Crippen LogP contribution in [0.25, 0.3) is 5.95 Å². The normalized spacial score (nSPS) is 12.5. The van der Waals surface area contributed by atoms with Crippen molar-refractivity contribution in [1.82, 2.24) is 24.5 Å². The van der Waals surface area contributed by atoms with E-state index in [1.54, 1.807) is 23.7 Å². The fraction of sp³-hybridized carbons (Fsp3) is 0.391. The highest BCUT2D eigenvalue weighted by atomic mass is 32.2. The molecular formula is C23H30N6O4S. The summed E-state index contributed by atoms with van der Waals surface area (Å²) in [4.78, 5) is 21.7. The monoisotopic (exact) mass is 486 g/mol. The second kappa shape index (κ2) is 10.4. The number of nitrogens with zero attached hydrogens (tertiary/aromatic N) is 4. The standard InChI is InChI=1S/C23H30N6O4S/c1-14-11-15(2)25-23(24-14)29-18(5)21(17(4)27-29)12-22(30)26-19-7-9-20(10-8-19)34(31,32)28-16(3)13-33-6/h7-11,16,28H,12-13H2,1-6H3,(H,26,30). The van der Waals surface area contributed by atoms with Gasteiger partial charge in [0.25, 0.3) is 5.95 Å². The maximum atomic E-state index is 12.7. The van der Waals surface area contributed by atoms with Gasteiger partial charge in [0, 0.05) is 41.5 Å². The van der Waals surface area contributed by atoms with Crippen molar-refractivity contribution in [2.45, 2.75) is 52.0 Å². The Balaban J connectivity index is 1.71. The second-order valence-electron chi connectivity index (χ2n) is 8.24. The molecule has 11 heteroatoms. The molecule has 0 aliphatic carbocycles. The van der Waals surface area contributed by atoms with Crippen molar-refractivity contribution in [3.05, 3.63) is 58.7 Å². The molecule has 1 amide bonds. The first-order valence-corrected chi connectivity index (χ1v) is 12.3. The van der Waals surface area contributed by atoms with Crippen LogP contribution in [0.2, 0.25) is 0 Å². The van der Waals surface area contributed by atoms with E-state index >= 15 is 0 Å². The van der Waals surface area contributed by atoms with Gasteiger partial charge < -0.3 is 10.1 Å². The van der Waals surface area contributed by atoms with Crippen molar-refractivity contribution in [3.8, 4) is 5.95 Å². The highest BCUT2D eigenvalue weighted by Gasteiger charge is 2.19. The molecule has 3 rings (SSSR count). The van der Waals surface area contributed by atoms with Gasteiger partial charge in [-0.3, -0.25) is 4.79 Å². The maximum Gasteiger partial charge on any atom is 0.251 e. The number of sulfonamides is 1. The topological polar surface area (TPSA) is 128 Å². The molecule has 1 atom stereocenters. The Morgan fingerprint density at radius 1 is 1.09 bits per heavy atom. The van der Waals surface area contributed by atoms with E-state index in [1.807, 2.05) is 33.8 Å². The number of nitrogens with one attached hydrogen (secondary N) is 2. The summed E-state index contributed by atoms with van der Waals surface area (Å²) in [5.74, 6) is 0.226. The molecule has 3 aromatic rings. The smallest absolute Gasteiger partial charge is 0.251 e. The van der Waals surface area contributed by atoms with Gasteiger partial charge in [0.05, 0.1) is 23.6 Å². The van der Waals surface area contributed by atoms with Crippen LogP contribution in [0.15, 0.2) is 35.2 Å². The van der Waals surface area contributed by atoms with Gasteiger partial charge in [-0.1, -0.05) is 0 Å². The zero-order valence-corrected chi connectivity index (χ0v) is 21.0. The number of methoxy groups -OCH3 is 1. The lowest BCUT2D eigenvalue weighted by atomic mass is 10.1. The largest absolute Gasteiger partial charge is 0.383 e. The quantitative estimate of drug-likeness (QED) is 0.475. The van der Waals surface area contributed by atoms with E-state index in [4.69, 9.17) is 4.74 Å². The molecule has 2 heterocycles. The maximum absolute atomic E-state index is 12.7. The molecule has 1 unspecified atom stereocenters. The van der Waals surface area contributed by atoms with Crippen LogP contribution in [0.3, 0.4) is 0 Å². The first kappa shape index (κ1) is 25.5. The second-order valence-corrected chi connectivity index (χ2v) is 9.95. The Morgan fingerprint density at radius 3 is 2.29 bits per heavy atom. The molecular weight excluding hydrogens is 456 g/mol. The Hall–Kier alpha value is -3.15. The molecule has 0 aliphatic heterocycles. The van der Waals surface area contributed by atoms with Crippen LogP contribution >= 0.6 is 0 Å². The molecule has 0 radical (unpaired) electrons. The van der Waals surface area contributed by atoms with Gasteiger partial charge in [-0.2, -0.15) is 5.10 Å². The summed E-state index contributed by atoms with van der Waals surface area (Å²) >= 11 is 0. The van der Waals surface area contributed by atoms with E-state index in [1.165, 1.54) is 19.2 Å². The summed E-state index contributed by atoms with van der Waals surface area (Å²) in [6.07, 6.45) is 0.110. The number of hydrogen-bond acceptors (Lipinski definition) is 7. The summed E-state index contributed by atoms with van der Waals surface area (Å²) in [6, 6.07) is 7.53. The van der Waals surface area contributed by atoms with E-state index in [0.717, 1.165) is 22.6 Å². The van der Waals surface area contributed by atoms with Crippen LogP contribution in [0.4, 0.5) is 5.69 Å². The number of carbonyl (C=O) groups is 1. The molecule has 34 heavy (non-hydrogen) atoms. The highest BCUT2D eigenvalue weighted by molar-refractivity contribution is 7.89. The van der Waals surface area contributed by atoms with Crippen LogP contribution in [-0.2, 0) is 26.0 Å². The van der Waals surface area contributed by atoms with Gasteiger partial charge >= 0.3 is 0 Å². The summed E-state index contributed by atoms with van der Waals surface area (Å²) in [5, 5.41) is 7.34. The first-order valence-electron chi connectivity index (χ1n) is 10.8. The molecule has 1 aromatic carbocycles. The summed E-state index contributed by atoms with van der Waals surface area (Å²) in [7, 11) is -2.17. The zero-order valence-electron chi connectivity index (χ0n) is 20.2. The number of carbonyl (C=O) groups excluding carboxylic acids is 1. The van der Waals surface area contributed by atoms with E-state index < -0.39 is 10.0 Å². The molecule has 0 saturated heterocycles. The lowest BCUT2D eigenvalue weighted by molar-refractivity contribution is -0.115. The highest BCUT2D eigenvalue weighted by Crippen LogP contribution is 2.19. The van der Waals surface area contributed by atoms with E-state index in [-0.39, 0.29) is 29.9 Å². The molecule has 2 aromatic heterocycles. The molecule has 182 valence electrons. The fourth-order valence-corrected chi connectivity index (χ4v) is 4.86.